The Morgan fingerprint density at radius 3 is 2.48 bits per heavy atom. The summed E-state index contributed by atoms with van der Waals surface area (Å²) < 4.78 is 0. The van der Waals surface area contributed by atoms with Crippen LogP contribution in [0.1, 0.15) is 40.0 Å². The maximum Gasteiger partial charge on any atom is 0.253 e. The zero-order valence-corrected chi connectivity index (χ0v) is 14.8. The van der Waals surface area contributed by atoms with Gasteiger partial charge in [0.05, 0.1) is 5.57 Å². The summed E-state index contributed by atoms with van der Waals surface area (Å²) in [5.41, 5.74) is 5.81. The topological polar surface area (TPSA) is 75.4 Å². The molecule has 1 saturated heterocycles. The van der Waals surface area contributed by atoms with Crippen molar-refractivity contribution >= 4 is 23.4 Å². The third-order valence-electron chi connectivity index (χ3n) is 4.27. The maximum absolute atomic E-state index is 12.8. The molecule has 1 aliphatic heterocycles. The van der Waals surface area contributed by atoms with E-state index in [1.165, 1.54) is 0 Å². The number of amides is 2. The van der Waals surface area contributed by atoms with Crippen LogP contribution in [0.5, 0.6) is 0 Å². The number of hydrogen-bond donors (Lipinski definition) is 2. The van der Waals surface area contributed by atoms with E-state index < -0.39 is 6.04 Å². The van der Waals surface area contributed by atoms with Crippen molar-refractivity contribution in [2.75, 3.05) is 13.1 Å². The number of nitrogens with one attached hydrogen (secondary N) is 1. The first kappa shape index (κ1) is 18.0. The highest BCUT2D eigenvalue weighted by molar-refractivity contribution is 6.32. The lowest BCUT2D eigenvalue weighted by Crippen LogP contribution is -2.54. The first-order valence-electron chi connectivity index (χ1n) is 8.12. The molecule has 0 bridgehead atoms. The van der Waals surface area contributed by atoms with Crippen molar-refractivity contribution in [2.45, 2.75) is 52.1 Å². The summed E-state index contributed by atoms with van der Waals surface area (Å²) in [6.45, 7) is 7.39. The van der Waals surface area contributed by atoms with Crippen LogP contribution in [-0.2, 0) is 9.59 Å². The summed E-state index contributed by atoms with van der Waals surface area (Å²) in [7, 11) is 0. The molecule has 0 aromatic heterocycles. The number of likely N-dealkylation sites (tertiary alicyclic amines) is 1. The minimum atomic E-state index is -0.575. The highest BCUT2D eigenvalue weighted by Gasteiger charge is 2.37. The Morgan fingerprint density at radius 1 is 1.35 bits per heavy atom. The molecule has 0 spiro atoms. The van der Waals surface area contributed by atoms with Crippen LogP contribution in [-0.4, -0.2) is 41.9 Å². The molecule has 1 fully saturated rings. The molecule has 23 heavy (non-hydrogen) atoms. The van der Waals surface area contributed by atoms with Gasteiger partial charge in [0.15, 0.2) is 0 Å². The Kier molecular flexibility index (Phi) is 5.53. The smallest absolute Gasteiger partial charge is 0.253 e. The predicted molar refractivity (Wildman–Crippen MR) is 91.8 cm³/mol. The van der Waals surface area contributed by atoms with Crippen LogP contribution in [0.15, 0.2) is 22.8 Å². The van der Waals surface area contributed by atoms with Crippen LogP contribution < -0.4 is 11.1 Å². The van der Waals surface area contributed by atoms with Gasteiger partial charge in [-0.3, -0.25) is 9.59 Å². The fourth-order valence-corrected chi connectivity index (χ4v) is 3.20. The molecular weight excluding hydrogens is 314 g/mol. The van der Waals surface area contributed by atoms with Gasteiger partial charge in [-0.05, 0) is 18.3 Å². The van der Waals surface area contributed by atoms with E-state index in [2.05, 4.69) is 5.32 Å². The molecule has 128 valence electrons. The van der Waals surface area contributed by atoms with Gasteiger partial charge in [0.2, 0.25) is 5.91 Å². The fraction of sp³-hybridized carbons (Fsp3) is 0.647. The highest BCUT2D eigenvalue weighted by Crippen LogP contribution is 2.26. The van der Waals surface area contributed by atoms with E-state index in [1.807, 2.05) is 25.7 Å². The minimum absolute atomic E-state index is 0.0171. The lowest BCUT2D eigenvalue weighted by atomic mass is 9.85. The Balaban J connectivity index is 2.15. The number of hydrogen-bond acceptors (Lipinski definition) is 3. The predicted octanol–water partition coefficient (Wildman–Crippen LogP) is 1.92. The van der Waals surface area contributed by atoms with Crippen molar-refractivity contribution in [3.05, 3.63) is 22.8 Å². The van der Waals surface area contributed by atoms with Gasteiger partial charge < -0.3 is 16.0 Å². The molecule has 2 rings (SSSR count). The average molecular weight is 340 g/mol. The van der Waals surface area contributed by atoms with Crippen LogP contribution in [0, 0.1) is 5.41 Å². The molecule has 5 nitrogen and oxygen atoms in total. The average Bonchev–Trinajstić information content (AvgIpc) is 2.96. The second kappa shape index (κ2) is 7.05. The van der Waals surface area contributed by atoms with Crippen molar-refractivity contribution in [1.29, 1.82) is 0 Å². The summed E-state index contributed by atoms with van der Waals surface area (Å²) in [4.78, 5) is 27.2. The van der Waals surface area contributed by atoms with Gasteiger partial charge in [0.25, 0.3) is 5.91 Å². The molecule has 0 aromatic carbocycles. The summed E-state index contributed by atoms with van der Waals surface area (Å²) in [6, 6.07) is -0.738. The van der Waals surface area contributed by atoms with Crippen molar-refractivity contribution in [1.82, 2.24) is 10.2 Å². The van der Waals surface area contributed by atoms with Crippen LogP contribution in [0.2, 0.25) is 0 Å². The number of nitrogens with zero attached hydrogens (tertiary/aromatic N) is 1. The first-order chi connectivity index (χ1) is 10.7. The normalized spacial score (nSPS) is 23.2. The van der Waals surface area contributed by atoms with Gasteiger partial charge in [-0.1, -0.05) is 44.5 Å². The van der Waals surface area contributed by atoms with Gasteiger partial charge >= 0.3 is 0 Å². The number of rotatable bonds is 3. The van der Waals surface area contributed by atoms with E-state index in [0.717, 1.165) is 25.9 Å². The molecule has 1 aliphatic carbocycles. The van der Waals surface area contributed by atoms with Crippen molar-refractivity contribution in [2.24, 2.45) is 11.1 Å². The summed E-state index contributed by atoms with van der Waals surface area (Å²) in [6.07, 6.45) is 5.89. The summed E-state index contributed by atoms with van der Waals surface area (Å²) >= 11 is 6.17. The number of carbonyl (C=O) groups excluding carboxylic acids is 2. The van der Waals surface area contributed by atoms with Gasteiger partial charge in [-0.2, -0.15) is 0 Å². The standard InChI is InChI=1S/C17H26ClN3O2/c1-17(2,3)14(16(23)21-8-4-5-9-21)20-15(22)12-7-6-11(19)10-13(12)18/h6-7,11,14H,4-5,8-10,19H2,1-3H3,(H,20,22)/t11?,14-/m1/s1. The lowest BCUT2D eigenvalue weighted by molar-refractivity contribution is -0.137. The number of carbonyl (C=O) groups is 2. The van der Waals surface area contributed by atoms with E-state index in [4.69, 9.17) is 17.3 Å². The van der Waals surface area contributed by atoms with E-state index >= 15 is 0 Å². The van der Waals surface area contributed by atoms with Crippen molar-refractivity contribution < 1.29 is 9.59 Å². The van der Waals surface area contributed by atoms with Gasteiger partial charge in [-0.25, -0.2) is 0 Å². The van der Waals surface area contributed by atoms with Crippen molar-refractivity contribution in [3.8, 4) is 0 Å². The van der Waals surface area contributed by atoms with Crippen LogP contribution in [0.25, 0.3) is 0 Å². The molecule has 1 unspecified atom stereocenters. The third-order valence-corrected chi connectivity index (χ3v) is 4.63. The highest BCUT2D eigenvalue weighted by atomic mass is 35.5. The Labute approximate surface area is 142 Å². The van der Waals surface area contributed by atoms with E-state index in [0.29, 0.717) is 17.0 Å². The monoisotopic (exact) mass is 339 g/mol. The SMILES string of the molecule is CC(C)(C)[C@H](NC(=O)C1=C(Cl)CC(N)C=C1)C(=O)N1CCCC1. The first-order valence-corrected chi connectivity index (χ1v) is 8.50. The van der Waals surface area contributed by atoms with Crippen LogP contribution >= 0.6 is 11.6 Å². The van der Waals surface area contributed by atoms with E-state index in [9.17, 15) is 9.59 Å². The molecular formula is C17H26ClN3O2. The van der Waals surface area contributed by atoms with E-state index in [-0.39, 0.29) is 23.3 Å². The Hall–Kier alpha value is -1.33. The molecule has 1 heterocycles. The zero-order chi connectivity index (χ0) is 17.2. The molecule has 2 atom stereocenters. The second-order valence-corrected chi connectivity index (χ2v) is 7.81. The number of halogens is 1. The minimum Gasteiger partial charge on any atom is -0.341 e. The Bertz CT molecular complexity index is 543. The number of nitrogens with two attached hydrogens (primary N) is 1. The maximum atomic E-state index is 12.8. The second-order valence-electron chi connectivity index (χ2n) is 7.35. The van der Waals surface area contributed by atoms with Gasteiger partial charge in [0, 0.05) is 30.6 Å². The summed E-state index contributed by atoms with van der Waals surface area (Å²) in [5.74, 6) is -0.331. The largest absolute Gasteiger partial charge is 0.341 e. The molecule has 0 aromatic rings. The molecule has 0 radical (unpaired) electrons. The quantitative estimate of drug-likeness (QED) is 0.824. The molecule has 0 saturated carbocycles. The van der Waals surface area contributed by atoms with Crippen LogP contribution in [0.3, 0.4) is 0 Å². The van der Waals surface area contributed by atoms with E-state index in [1.54, 1.807) is 12.2 Å². The molecule has 2 amide bonds. The van der Waals surface area contributed by atoms with Crippen molar-refractivity contribution in [3.63, 3.8) is 0 Å². The Morgan fingerprint density at radius 2 is 1.96 bits per heavy atom. The molecule has 6 heteroatoms. The van der Waals surface area contributed by atoms with Crippen LogP contribution in [0.4, 0.5) is 0 Å². The lowest BCUT2D eigenvalue weighted by Gasteiger charge is -2.33. The molecule has 3 N–H and O–H groups in total. The summed E-state index contributed by atoms with van der Waals surface area (Å²) in [5, 5.41) is 3.33. The zero-order valence-electron chi connectivity index (χ0n) is 14.1. The van der Waals surface area contributed by atoms with Gasteiger partial charge in [0.1, 0.15) is 6.04 Å². The third kappa shape index (κ3) is 4.36. The fourth-order valence-electron chi connectivity index (χ4n) is 2.87. The van der Waals surface area contributed by atoms with Gasteiger partial charge in [-0.15, -0.1) is 0 Å². The molecule has 2 aliphatic rings.